The van der Waals surface area contributed by atoms with Gasteiger partial charge >= 0.3 is 0 Å². The van der Waals surface area contributed by atoms with Crippen LogP contribution in [0.5, 0.6) is 0 Å². The van der Waals surface area contributed by atoms with Crippen LogP contribution in [0.1, 0.15) is 42.7 Å². The summed E-state index contributed by atoms with van der Waals surface area (Å²) in [7, 11) is 0. The molecule has 5 nitrogen and oxygen atoms in total. The van der Waals surface area contributed by atoms with Crippen molar-refractivity contribution in [2.75, 3.05) is 24.5 Å². The van der Waals surface area contributed by atoms with Crippen LogP contribution in [0.2, 0.25) is 0 Å². The van der Waals surface area contributed by atoms with Crippen molar-refractivity contribution in [2.45, 2.75) is 32.7 Å². The molecule has 1 aromatic heterocycles. The lowest BCUT2D eigenvalue weighted by molar-refractivity contribution is 0.0672. The Bertz CT molecular complexity index is 727. The van der Waals surface area contributed by atoms with Gasteiger partial charge in [0.2, 0.25) is 0 Å². The molecular weight excluding hydrogens is 307 g/mol. The molecule has 2 aromatic rings. The molecule has 6 heteroatoms. The number of H-pyrrole nitrogens is 1. The summed E-state index contributed by atoms with van der Waals surface area (Å²) in [5, 5.41) is 6.95. The van der Waals surface area contributed by atoms with Crippen LogP contribution in [-0.2, 0) is 0 Å². The minimum absolute atomic E-state index is 0.000711. The topological polar surface area (TPSA) is 52.2 Å². The van der Waals surface area contributed by atoms with Crippen molar-refractivity contribution in [3.8, 4) is 0 Å². The molecule has 0 spiro atoms. The maximum Gasteiger partial charge on any atom is 0.257 e. The molecule has 1 unspecified atom stereocenters. The maximum absolute atomic E-state index is 14.0. The minimum Gasteiger partial charge on any atom is -0.365 e. The summed E-state index contributed by atoms with van der Waals surface area (Å²) in [6.45, 7) is 7.86. The number of halogens is 1. The Hall–Kier alpha value is -2.37. The van der Waals surface area contributed by atoms with Crippen LogP contribution in [0.4, 0.5) is 10.1 Å². The molecule has 24 heavy (non-hydrogen) atoms. The highest BCUT2D eigenvalue weighted by Crippen LogP contribution is 2.24. The highest BCUT2D eigenvalue weighted by Gasteiger charge is 2.31. The number of nitrogens with zero attached hydrogens (tertiary/aromatic N) is 3. The molecule has 0 saturated carbocycles. The number of carbonyl (C=O) groups is 1. The third kappa shape index (κ3) is 3.00. The predicted molar refractivity (Wildman–Crippen MR) is 91.8 cm³/mol. The molecule has 0 bridgehead atoms. The molecule has 0 aliphatic carbocycles. The maximum atomic E-state index is 14.0. The van der Waals surface area contributed by atoms with Gasteiger partial charge in [0.05, 0.1) is 23.1 Å². The molecule has 1 amide bonds. The van der Waals surface area contributed by atoms with Crippen LogP contribution >= 0.6 is 0 Å². The van der Waals surface area contributed by atoms with Gasteiger partial charge in [-0.2, -0.15) is 5.10 Å². The number of benzene rings is 1. The van der Waals surface area contributed by atoms with E-state index < -0.39 is 0 Å². The van der Waals surface area contributed by atoms with E-state index in [-0.39, 0.29) is 23.7 Å². The number of rotatable bonds is 3. The Morgan fingerprint density at radius 1 is 1.33 bits per heavy atom. The van der Waals surface area contributed by atoms with E-state index >= 15 is 0 Å². The fourth-order valence-corrected chi connectivity index (χ4v) is 3.25. The van der Waals surface area contributed by atoms with Crippen LogP contribution in [0.15, 0.2) is 30.5 Å². The highest BCUT2D eigenvalue weighted by atomic mass is 19.1. The van der Waals surface area contributed by atoms with Crippen molar-refractivity contribution in [3.05, 3.63) is 47.5 Å². The first-order valence-electron chi connectivity index (χ1n) is 8.32. The molecule has 1 aliphatic rings. The van der Waals surface area contributed by atoms with Crippen LogP contribution in [-0.4, -0.2) is 46.7 Å². The van der Waals surface area contributed by atoms with Gasteiger partial charge in [0.15, 0.2) is 0 Å². The van der Waals surface area contributed by atoms with E-state index in [1.54, 1.807) is 18.3 Å². The van der Waals surface area contributed by atoms with Gasteiger partial charge in [-0.15, -0.1) is 0 Å². The lowest BCUT2D eigenvalue weighted by Crippen LogP contribution is -2.54. The van der Waals surface area contributed by atoms with Crippen molar-refractivity contribution in [3.63, 3.8) is 0 Å². The summed E-state index contributed by atoms with van der Waals surface area (Å²) in [6, 6.07) is 6.78. The smallest absolute Gasteiger partial charge is 0.257 e. The van der Waals surface area contributed by atoms with E-state index in [0.29, 0.717) is 30.9 Å². The molecular formula is C18H23FN4O. The molecule has 3 rings (SSSR count). The number of anilines is 1. The summed E-state index contributed by atoms with van der Waals surface area (Å²) < 4.78 is 14.0. The molecule has 1 atom stereocenters. The number of aromatic amines is 1. The molecule has 1 fully saturated rings. The lowest BCUT2D eigenvalue weighted by atomic mass is 10.0. The van der Waals surface area contributed by atoms with Crippen molar-refractivity contribution in [1.82, 2.24) is 15.1 Å². The molecule has 0 radical (unpaired) electrons. The second-order valence-corrected chi connectivity index (χ2v) is 6.60. The standard InChI is InChI=1S/C18H23FN4O/c1-12(2)17-14(10-20-21-17)18(24)23-9-8-22(11-13(23)3)16-7-5-4-6-15(16)19/h4-7,10,12-13H,8-9,11H2,1-3H3,(H,20,21). The molecule has 1 N–H and O–H groups in total. The number of hydrogen-bond acceptors (Lipinski definition) is 3. The van der Waals surface area contributed by atoms with Crippen molar-refractivity contribution in [1.29, 1.82) is 0 Å². The van der Waals surface area contributed by atoms with Gasteiger partial charge in [-0.05, 0) is 25.0 Å². The van der Waals surface area contributed by atoms with Gasteiger partial charge in [0.1, 0.15) is 5.82 Å². The van der Waals surface area contributed by atoms with Crippen LogP contribution in [0.25, 0.3) is 0 Å². The Labute approximate surface area is 141 Å². The quantitative estimate of drug-likeness (QED) is 0.941. The Morgan fingerprint density at radius 3 is 2.75 bits per heavy atom. The third-order valence-electron chi connectivity index (χ3n) is 4.56. The van der Waals surface area contributed by atoms with E-state index in [2.05, 4.69) is 10.2 Å². The zero-order valence-electron chi connectivity index (χ0n) is 14.3. The van der Waals surface area contributed by atoms with Gasteiger partial charge in [-0.3, -0.25) is 9.89 Å². The van der Waals surface area contributed by atoms with Crippen LogP contribution in [0.3, 0.4) is 0 Å². The van der Waals surface area contributed by atoms with Gasteiger partial charge in [0.25, 0.3) is 5.91 Å². The third-order valence-corrected chi connectivity index (χ3v) is 4.56. The Kier molecular flexibility index (Phi) is 4.55. The molecule has 2 heterocycles. The van der Waals surface area contributed by atoms with Crippen LogP contribution < -0.4 is 4.90 Å². The van der Waals surface area contributed by atoms with Gasteiger partial charge in [-0.25, -0.2) is 4.39 Å². The number of amides is 1. The number of aromatic nitrogens is 2. The van der Waals surface area contributed by atoms with E-state index in [1.165, 1.54) is 6.07 Å². The first-order chi connectivity index (χ1) is 11.5. The molecule has 128 valence electrons. The number of piperazine rings is 1. The van der Waals surface area contributed by atoms with E-state index in [4.69, 9.17) is 0 Å². The first-order valence-corrected chi connectivity index (χ1v) is 8.32. The Morgan fingerprint density at radius 2 is 2.08 bits per heavy atom. The summed E-state index contributed by atoms with van der Waals surface area (Å²) in [6.07, 6.45) is 1.60. The number of para-hydroxylation sites is 1. The van der Waals surface area contributed by atoms with Crippen molar-refractivity contribution in [2.24, 2.45) is 0 Å². The van der Waals surface area contributed by atoms with Gasteiger partial charge in [0, 0.05) is 25.7 Å². The fourth-order valence-electron chi connectivity index (χ4n) is 3.25. The normalized spacial score (nSPS) is 18.3. The minimum atomic E-state index is -0.221. The largest absolute Gasteiger partial charge is 0.365 e. The zero-order chi connectivity index (χ0) is 17.3. The van der Waals surface area contributed by atoms with Gasteiger partial charge < -0.3 is 9.80 Å². The lowest BCUT2D eigenvalue weighted by Gasteiger charge is -2.41. The van der Waals surface area contributed by atoms with Gasteiger partial charge in [-0.1, -0.05) is 26.0 Å². The number of hydrogen-bond donors (Lipinski definition) is 1. The Balaban J connectivity index is 1.75. The monoisotopic (exact) mass is 330 g/mol. The molecule has 1 aromatic carbocycles. The summed E-state index contributed by atoms with van der Waals surface area (Å²) in [4.78, 5) is 16.7. The predicted octanol–water partition coefficient (Wildman–Crippen LogP) is 3.02. The number of carbonyl (C=O) groups excluding carboxylic acids is 1. The SMILES string of the molecule is CC(C)c1[nH]ncc1C(=O)N1CCN(c2ccccc2F)CC1C. The van der Waals surface area contributed by atoms with E-state index in [9.17, 15) is 9.18 Å². The second kappa shape index (κ2) is 6.63. The first kappa shape index (κ1) is 16.5. The average molecular weight is 330 g/mol. The van der Waals surface area contributed by atoms with E-state index in [1.807, 2.05) is 36.6 Å². The molecule has 1 aliphatic heterocycles. The van der Waals surface area contributed by atoms with E-state index in [0.717, 1.165) is 5.69 Å². The summed E-state index contributed by atoms with van der Waals surface area (Å²) in [5.41, 5.74) is 2.10. The second-order valence-electron chi connectivity index (χ2n) is 6.60. The summed E-state index contributed by atoms with van der Waals surface area (Å²) in [5.74, 6) is -0.0176. The van der Waals surface area contributed by atoms with Crippen molar-refractivity contribution >= 4 is 11.6 Å². The van der Waals surface area contributed by atoms with Crippen LogP contribution in [0, 0.1) is 5.82 Å². The number of nitrogens with one attached hydrogen (secondary N) is 1. The zero-order valence-corrected chi connectivity index (χ0v) is 14.3. The fraction of sp³-hybridized carbons (Fsp3) is 0.444. The molecule has 1 saturated heterocycles. The van der Waals surface area contributed by atoms with Crippen molar-refractivity contribution < 1.29 is 9.18 Å². The average Bonchev–Trinajstić information content (AvgIpc) is 3.04. The highest BCUT2D eigenvalue weighted by molar-refractivity contribution is 5.95. The summed E-state index contributed by atoms with van der Waals surface area (Å²) >= 11 is 0.